The molecule has 0 saturated carbocycles. The zero-order chi connectivity index (χ0) is 15.6. The summed E-state index contributed by atoms with van der Waals surface area (Å²) in [5, 5.41) is 2.53. The molecule has 0 fully saturated rings. The molecule has 0 aliphatic carbocycles. The molecule has 21 heavy (non-hydrogen) atoms. The molecule has 0 spiro atoms. The standard InChI is InChI=1S/C13H12BrFN4O2/c1-7-17-5-9(14)13(21)19(7)6-12(20)18-11-3-2-8(15)4-10(11)16/h2-5H,6,16H2,1H3,(H,18,20). The van der Waals surface area contributed by atoms with Gasteiger partial charge in [0.05, 0.1) is 11.4 Å². The Balaban J connectivity index is 2.20. The second kappa shape index (κ2) is 6.04. The van der Waals surface area contributed by atoms with Gasteiger partial charge in [-0.25, -0.2) is 9.37 Å². The number of aromatic nitrogens is 2. The van der Waals surface area contributed by atoms with Gasteiger partial charge in [-0.15, -0.1) is 0 Å². The Morgan fingerprint density at radius 3 is 2.90 bits per heavy atom. The molecule has 0 atom stereocenters. The first-order valence-electron chi connectivity index (χ1n) is 5.95. The van der Waals surface area contributed by atoms with Crippen molar-refractivity contribution in [3.63, 3.8) is 0 Å². The molecule has 1 aromatic carbocycles. The van der Waals surface area contributed by atoms with Crippen molar-refractivity contribution in [2.75, 3.05) is 11.1 Å². The normalized spacial score (nSPS) is 10.4. The quantitative estimate of drug-likeness (QED) is 0.820. The maximum absolute atomic E-state index is 12.9. The van der Waals surface area contributed by atoms with Crippen LogP contribution in [0.1, 0.15) is 5.82 Å². The molecule has 0 bridgehead atoms. The van der Waals surface area contributed by atoms with Crippen molar-refractivity contribution in [2.24, 2.45) is 0 Å². The van der Waals surface area contributed by atoms with E-state index >= 15 is 0 Å². The first kappa shape index (κ1) is 15.2. The minimum atomic E-state index is -0.492. The Hall–Kier alpha value is -2.22. The minimum absolute atomic E-state index is 0.111. The predicted octanol–water partition coefficient (Wildman–Crippen LogP) is 1.67. The number of rotatable bonds is 3. The molecule has 110 valence electrons. The van der Waals surface area contributed by atoms with Gasteiger partial charge in [-0.1, -0.05) is 0 Å². The molecule has 0 aliphatic rings. The lowest BCUT2D eigenvalue weighted by molar-refractivity contribution is -0.116. The summed E-state index contributed by atoms with van der Waals surface area (Å²) >= 11 is 3.07. The van der Waals surface area contributed by atoms with Gasteiger partial charge in [0.15, 0.2) is 0 Å². The van der Waals surface area contributed by atoms with Gasteiger partial charge < -0.3 is 11.1 Å². The molecule has 0 aliphatic heterocycles. The van der Waals surface area contributed by atoms with E-state index in [4.69, 9.17) is 5.73 Å². The average molecular weight is 355 g/mol. The molecule has 0 radical (unpaired) electrons. The van der Waals surface area contributed by atoms with Crippen LogP contribution in [0.5, 0.6) is 0 Å². The highest BCUT2D eigenvalue weighted by Crippen LogP contribution is 2.18. The first-order chi connectivity index (χ1) is 9.88. The van der Waals surface area contributed by atoms with Crippen LogP contribution in [0.2, 0.25) is 0 Å². The second-order valence-corrected chi connectivity index (χ2v) is 5.18. The number of carbonyl (C=O) groups is 1. The Morgan fingerprint density at radius 1 is 1.52 bits per heavy atom. The molecular weight excluding hydrogens is 343 g/mol. The molecule has 6 nitrogen and oxygen atoms in total. The van der Waals surface area contributed by atoms with Gasteiger partial charge in [-0.3, -0.25) is 14.2 Å². The Kier molecular flexibility index (Phi) is 4.37. The van der Waals surface area contributed by atoms with Crippen LogP contribution in [0.25, 0.3) is 0 Å². The number of halogens is 2. The van der Waals surface area contributed by atoms with Crippen LogP contribution >= 0.6 is 15.9 Å². The van der Waals surface area contributed by atoms with Crippen molar-refractivity contribution in [3.8, 4) is 0 Å². The molecule has 8 heteroatoms. The minimum Gasteiger partial charge on any atom is -0.397 e. The molecule has 2 rings (SSSR count). The van der Waals surface area contributed by atoms with Crippen molar-refractivity contribution in [1.29, 1.82) is 0 Å². The van der Waals surface area contributed by atoms with Crippen LogP contribution in [0.15, 0.2) is 33.7 Å². The Labute approximate surface area is 127 Å². The van der Waals surface area contributed by atoms with E-state index in [0.29, 0.717) is 5.82 Å². The molecule has 1 heterocycles. The molecule has 0 unspecified atom stereocenters. The number of nitrogen functional groups attached to an aromatic ring is 1. The zero-order valence-corrected chi connectivity index (χ0v) is 12.6. The number of amides is 1. The fraction of sp³-hybridized carbons (Fsp3) is 0.154. The molecular formula is C13H12BrFN4O2. The highest BCUT2D eigenvalue weighted by atomic mass is 79.9. The molecule has 1 amide bonds. The summed E-state index contributed by atoms with van der Waals surface area (Å²) in [6.07, 6.45) is 1.38. The average Bonchev–Trinajstić information content (AvgIpc) is 2.42. The van der Waals surface area contributed by atoms with Crippen LogP contribution in [-0.4, -0.2) is 15.5 Å². The third-order valence-corrected chi connectivity index (χ3v) is 3.34. The maximum Gasteiger partial charge on any atom is 0.268 e. The maximum atomic E-state index is 12.9. The fourth-order valence-electron chi connectivity index (χ4n) is 1.72. The van der Waals surface area contributed by atoms with Crippen LogP contribution < -0.4 is 16.6 Å². The predicted molar refractivity (Wildman–Crippen MR) is 80.4 cm³/mol. The highest BCUT2D eigenvalue weighted by Gasteiger charge is 2.11. The summed E-state index contributed by atoms with van der Waals surface area (Å²) in [4.78, 5) is 27.9. The van der Waals surface area contributed by atoms with Gasteiger partial charge >= 0.3 is 0 Å². The SMILES string of the molecule is Cc1ncc(Br)c(=O)n1CC(=O)Nc1ccc(F)cc1N. The number of nitrogens with one attached hydrogen (secondary N) is 1. The molecule has 1 aromatic heterocycles. The Morgan fingerprint density at radius 2 is 2.24 bits per heavy atom. The second-order valence-electron chi connectivity index (χ2n) is 4.32. The van der Waals surface area contributed by atoms with Gasteiger partial charge in [-0.2, -0.15) is 0 Å². The summed E-state index contributed by atoms with van der Waals surface area (Å²) in [6.45, 7) is 1.40. The molecule has 3 N–H and O–H groups in total. The summed E-state index contributed by atoms with van der Waals surface area (Å²) < 4.78 is 14.4. The van der Waals surface area contributed by atoms with E-state index < -0.39 is 11.7 Å². The molecule has 2 aromatic rings. The van der Waals surface area contributed by atoms with Crippen molar-refractivity contribution < 1.29 is 9.18 Å². The zero-order valence-electron chi connectivity index (χ0n) is 11.1. The fourth-order valence-corrected chi connectivity index (χ4v) is 2.03. The van der Waals surface area contributed by atoms with Gasteiger partial charge in [-0.05, 0) is 41.1 Å². The number of nitrogens with two attached hydrogens (primary N) is 1. The first-order valence-corrected chi connectivity index (χ1v) is 6.74. The number of carbonyl (C=O) groups excluding carboxylic acids is 1. The van der Waals surface area contributed by atoms with Gasteiger partial charge in [0.2, 0.25) is 5.91 Å². The van der Waals surface area contributed by atoms with E-state index in [1.165, 1.54) is 22.9 Å². The topological polar surface area (TPSA) is 90.0 Å². The van der Waals surface area contributed by atoms with Gasteiger partial charge in [0.1, 0.15) is 22.7 Å². The van der Waals surface area contributed by atoms with E-state index in [2.05, 4.69) is 26.2 Å². The smallest absolute Gasteiger partial charge is 0.268 e. The molecule has 0 saturated heterocycles. The van der Waals surface area contributed by atoms with Crippen molar-refractivity contribution in [3.05, 3.63) is 50.9 Å². The van der Waals surface area contributed by atoms with Crippen LogP contribution in [0.3, 0.4) is 0 Å². The van der Waals surface area contributed by atoms with Crippen molar-refractivity contribution in [1.82, 2.24) is 9.55 Å². The van der Waals surface area contributed by atoms with Crippen molar-refractivity contribution in [2.45, 2.75) is 13.5 Å². The highest BCUT2D eigenvalue weighted by molar-refractivity contribution is 9.10. The van der Waals surface area contributed by atoms with Crippen LogP contribution in [0, 0.1) is 12.7 Å². The number of hydrogen-bond acceptors (Lipinski definition) is 4. The third kappa shape index (κ3) is 3.46. The largest absolute Gasteiger partial charge is 0.397 e. The van der Waals surface area contributed by atoms with Crippen LogP contribution in [0.4, 0.5) is 15.8 Å². The van der Waals surface area contributed by atoms with Gasteiger partial charge in [0, 0.05) is 6.20 Å². The summed E-state index contributed by atoms with van der Waals surface area (Å²) in [6, 6.07) is 3.65. The van der Waals surface area contributed by atoms with E-state index in [9.17, 15) is 14.0 Å². The van der Waals surface area contributed by atoms with Crippen LogP contribution in [-0.2, 0) is 11.3 Å². The summed E-state index contributed by atoms with van der Waals surface area (Å²) in [5.41, 5.74) is 5.65. The lowest BCUT2D eigenvalue weighted by atomic mass is 10.2. The van der Waals surface area contributed by atoms with E-state index in [1.807, 2.05) is 0 Å². The van der Waals surface area contributed by atoms with Gasteiger partial charge in [0.25, 0.3) is 5.56 Å². The number of benzene rings is 1. The summed E-state index contributed by atoms with van der Waals surface area (Å²) in [5.74, 6) is -0.544. The number of anilines is 2. The number of nitrogens with zero attached hydrogens (tertiary/aromatic N) is 2. The Bertz CT molecular complexity index is 760. The monoisotopic (exact) mass is 354 g/mol. The number of aryl methyl sites for hydroxylation is 1. The lowest BCUT2D eigenvalue weighted by Crippen LogP contribution is -2.30. The van der Waals surface area contributed by atoms with E-state index in [-0.39, 0.29) is 28.0 Å². The third-order valence-electron chi connectivity index (χ3n) is 2.79. The van der Waals surface area contributed by atoms with E-state index in [0.717, 1.165) is 6.07 Å². The summed E-state index contributed by atoms with van der Waals surface area (Å²) in [7, 11) is 0. The van der Waals surface area contributed by atoms with Crippen molar-refractivity contribution >= 4 is 33.2 Å². The number of hydrogen-bond donors (Lipinski definition) is 2. The van der Waals surface area contributed by atoms with E-state index in [1.54, 1.807) is 6.92 Å². The lowest BCUT2D eigenvalue weighted by Gasteiger charge is -2.11.